The SMILES string of the molecule is Nc1cccc(C(c2cccnc2)C(NCC(F)(F)F)c2ccc(F)cc2)n1. The Kier molecular flexibility index (Phi) is 5.89. The molecule has 3 aromatic rings. The number of pyridine rings is 2. The van der Waals surface area contributed by atoms with E-state index in [-0.39, 0.29) is 5.82 Å². The normalized spacial score (nSPS) is 13.9. The molecule has 0 amide bonds. The third kappa shape index (κ3) is 5.04. The molecule has 0 aliphatic carbocycles. The van der Waals surface area contributed by atoms with Crippen LogP contribution in [0.25, 0.3) is 0 Å². The highest BCUT2D eigenvalue weighted by Gasteiger charge is 2.33. The van der Waals surface area contributed by atoms with Crippen molar-refractivity contribution in [3.8, 4) is 0 Å². The summed E-state index contributed by atoms with van der Waals surface area (Å²) in [4.78, 5) is 8.40. The molecule has 0 saturated heterocycles. The van der Waals surface area contributed by atoms with Crippen LogP contribution in [-0.2, 0) is 0 Å². The molecule has 0 fully saturated rings. The highest BCUT2D eigenvalue weighted by atomic mass is 19.4. The largest absolute Gasteiger partial charge is 0.401 e. The molecule has 0 radical (unpaired) electrons. The molecule has 2 heterocycles. The Morgan fingerprint density at radius 1 is 0.964 bits per heavy atom. The molecule has 3 N–H and O–H groups in total. The predicted molar refractivity (Wildman–Crippen MR) is 97.9 cm³/mol. The Labute approximate surface area is 159 Å². The molecule has 2 aromatic heterocycles. The minimum absolute atomic E-state index is 0.250. The number of nitrogens with two attached hydrogens (primary N) is 1. The number of nitrogens with one attached hydrogen (secondary N) is 1. The third-order valence-electron chi connectivity index (χ3n) is 4.24. The zero-order valence-corrected chi connectivity index (χ0v) is 14.7. The van der Waals surface area contributed by atoms with Gasteiger partial charge in [-0.25, -0.2) is 9.37 Å². The Morgan fingerprint density at radius 3 is 2.32 bits per heavy atom. The van der Waals surface area contributed by atoms with E-state index in [1.54, 1.807) is 42.7 Å². The van der Waals surface area contributed by atoms with Crippen LogP contribution in [0.15, 0.2) is 67.0 Å². The van der Waals surface area contributed by atoms with Gasteiger partial charge in [0, 0.05) is 24.4 Å². The van der Waals surface area contributed by atoms with Gasteiger partial charge in [-0.2, -0.15) is 13.2 Å². The van der Waals surface area contributed by atoms with Crippen molar-refractivity contribution in [2.24, 2.45) is 0 Å². The first-order chi connectivity index (χ1) is 13.3. The fourth-order valence-corrected chi connectivity index (χ4v) is 3.06. The van der Waals surface area contributed by atoms with E-state index in [4.69, 9.17) is 5.73 Å². The van der Waals surface area contributed by atoms with Crippen molar-refractivity contribution in [1.29, 1.82) is 0 Å². The van der Waals surface area contributed by atoms with E-state index in [2.05, 4.69) is 15.3 Å². The maximum absolute atomic E-state index is 13.4. The fourth-order valence-electron chi connectivity index (χ4n) is 3.06. The summed E-state index contributed by atoms with van der Waals surface area (Å²) in [5.41, 5.74) is 7.43. The van der Waals surface area contributed by atoms with Gasteiger partial charge < -0.3 is 11.1 Å². The van der Waals surface area contributed by atoms with Gasteiger partial charge in [0.15, 0.2) is 0 Å². The van der Waals surface area contributed by atoms with Crippen LogP contribution in [0.2, 0.25) is 0 Å². The van der Waals surface area contributed by atoms with Gasteiger partial charge in [-0.1, -0.05) is 24.3 Å². The van der Waals surface area contributed by atoms with Crippen LogP contribution in [-0.4, -0.2) is 22.7 Å². The van der Waals surface area contributed by atoms with Crippen LogP contribution in [0.1, 0.15) is 28.8 Å². The van der Waals surface area contributed by atoms with E-state index in [9.17, 15) is 17.6 Å². The maximum Gasteiger partial charge on any atom is 0.401 e. The topological polar surface area (TPSA) is 63.8 Å². The number of anilines is 1. The van der Waals surface area contributed by atoms with Crippen LogP contribution in [0.3, 0.4) is 0 Å². The standard InChI is InChI=1S/C20H18F4N4/c21-15-8-6-13(7-9-15)19(27-12-20(22,23)24)18(14-3-2-10-26-11-14)16-4-1-5-17(25)28-16/h1-11,18-19,27H,12H2,(H2,25,28). The fraction of sp³-hybridized carbons (Fsp3) is 0.200. The molecule has 0 spiro atoms. The number of benzene rings is 1. The van der Waals surface area contributed by atoms with Crippen LogP contribution >= 0.6 is 0 Å². The Hall–Kier alpha value is -3.00. The number of aromatic nitrogens is 2. The lowest BCUT2D eigenvalue weighted by molar-refractivity contribution is -0.126. The first-order valence-electron chi connectivity index (χ1n) is 8.51. The van der Waals surface area contributed by atoms with Gasteiger partial charge in [-0.05, 0) is 41.5 Å². The highest BCUT2D eigenvalue weighted by molar-refractivity contribution is 5.38. The second-order valence-corrected chi connectivity index (χ2v) is 6.28. The summed E-state index contributed by atoms with van der Waals surface area (Å²) in [6, 6.07) is 12.9. The minimum atomic E-state index is -4.42. The van der Waals surface area contributed by atoms with Crippen LogP contribution in [0.4, 0.5) is 23.4 Å². The first kappa shape index (κ1) is 19.8. The van der Waals surface area contributed by atoms with Crippen LogP contribution in [0, 0.1) is 5.82 Å². The van der Waals surface area contributed by atoms with Gasteiger partial charge in [0.1, 0.15) is 11.6 Å². The molecule has 146 valence electrons. The van der Waals surface area contributed by atoms with E-state index in [0.29, 0.717) is 16.8 Å². The van der Waals surface area contributed by atoms with Crippen molar-refractivity contribution >= 4 is 5.82 Å². The monoisotopic (exact) mass is 390 g/mol. The van der Waals surface area contributed by atoms with Crippen LogP contribution < -0.4 is 11.1 Å². The average molecular weight is 390 g/mol. The molecule has 4 nitrogen and oxygen atoms in total. The Balaban J connectivity index is 2.10. The number of rotatable bonds is 6. The smallest absolute Gasteiger partial charge is 0.384 e. The summed E-state index contributed by atoms with van der Waals surface area (Å²) >= 11 is 0. The second-order valence-electron chi connectivity index (χ2n) is 6.28. The van der Waals surface area contributed by atoms with Crippen LogP contribution in [0.5, 0.6) is 0 Å². The van der Waals surface area contributed by atoms with Crippen molar-refractivity contribution in [2.75, 3.05) is 12.3 Å². The summed E-state index contributed by atoms with van der Waals surface area (Å²) in [6.45, 7) is -1.21. The summed E-state index contributed by atoms with van der Waals surface area (Å²) in [5.74, 6) is -0.844. The van der Waals surface area contributed by atoms with Gasteiger partial charge in [0.2, 0.25) is 0 Å². The summed E-state index contributed by atoms with van der Waals surface area (Å²) in [7, 11) is 0. The Morgan fingerprint density at radius 2 is 1.71 bits per heavy atom. The summed E-state index contributed by atoms with van der Waals surface area (Å²) < 4.78 is 52.3. The quantitative estimate of drug-likeness (QED) is 0.619. The first-order valence-corrected chi connectivity index (χ1v) is 8.51. The minimum Gasteiger partial charge on any atom is -0.384 e. The van der Waals surface area contributed by atoms with E-state index in [1.165, 1.54) is 24.3 Å². The summed E-state index contributed by atoms with van der Waals surface area (Å²) in [5, 5.41) is 2.56. The molecule has 2 unspecified atom stereocenters. The second kappa shape index (κ2) is 8.35. The van der Waals surface area contributed by atoms with Gasteiger partial charge in [-0.3, -0.25) is 4.98 Å². The number of hydrogen-bond acceptors (Lipinski definition) is 4. The lowest BCUT2D eigenvalue weighted by atomic mass is 9.84. The van der Waals surface area contributed by atoms with Crippen molar-refractivity contribution in [3.05, 3.63) is 89.6 Å². The van der Waals surface area contributed by atoms with E-state index in [1.807, 2.05) is 0 Å². The lowest BCUT2D eigenvalue weighted by Crippen LogP contribution is -2.35. The van der Waals surface area contributed by atoms with Crippen molar-refractivity contribution in [1.82, 2.24) is 15.3 Å². The van der Waals surface area contributed by atoms with Crippen molar-refractivity contribution in [2.45, 2.75) is 18.1 Å². The molecule has 28 heavy (non-hydrogen) atoms. The van der Waals surface area contributed by atoms with Crippen molar-refractivity contribution in [3.63, 3.8) is 0 Å². The molecule has 8 heteroatoms. The number of nitrogen functional groups attached to an aromatic ring is 1. The zero-order valence-electron chi connectivity index (χ0n) is 14.7. The van der Waals surface area contributed by atoms with Gasteiger partial charge in [0.25, 0.3) is 0 Å². The van der Waals surface area contributed by atoms with E-state index < -0.39 is 30.5 Å². The molecule has 2 atom stereocenters. The molecule has 0 bridgehead atoms. The number of halogens is 4. The molecule has 0 aliphatic heterocycles. The number of hydrogen-bond donors (Lipinski definition) is 2. The summed E-state index contributed by atoms with van der Waals surface area (Å²) in [6.07, 6.45) is -1.27. The van der Waals surface area contributed by atoms with Gasteiger partial charge in [0.05, 0.1) is 12.2 Å². The molecule has 0 aliphatic rings. The zero-order chi connectivity index (χ0) is 20.1. The molecule has 1 aromatic carbocycles. The molecular formula is C20H18F4N4. The van der Waals surface area contributed by atoms with Gasteiger partial charge >= 0.3 is 6.18 Å². The maximum atomic E-state index is 13.4. The average Bonchev–Trinajstić information content (AvgIpc) is 2.66. The highest BCUT2D eigenvalue weighted by Crippen LogP contribution is 2.36. The van der Waals surface area contributed by atoms with Gasteiger partial charge in [-0.15, -0.1) is 0 Å². The van der Waals surface area contributed by atoms with E-state index in [0.717, 1.165) is 0 Å². The molecule has 0 saturated carbocycles. The predicted octanol–water partition coefficient (Wildman–Crippen LogP) is 4.22. The molecule has 3 rings (SSSR count). The van der Waals surface area contributed by atoms with E-state index >= 15 is 0 Å². The van der Waals surface area contributed by atoms with Crippen molar-refractivity contribution < 1.29 is 17.6 Å². The number of nitrogens with zero attached hydrogens (tertiary/aromatic N) is 2. The lowest BCUT2D eigenvalue weighted by Gasteiger charge is -2.29. The Bertz CT molecular complexity index is 898. The number of alkyl halides is 3. The third-order valence-corrected chi connectivity index (χ3v) is 4.24. The molecular weight excluding hydrogens is 372 g/mol.